The summed E-state index contributed by atoms with van der Waals surface area (Å²) in [6.45, 7) is 8.49. The number of anilines is 1. The third-order valence-corrected chi connectivity index (χ3v) is 8.97. The van der Waals surface area contributed by atoms with E-state index in [1.165, 1.54) is 12.1 Å². The van der Waals surface area contributed by atoms with Gasteiger partial charge in [0.2, 0.25) is 11.8 Å². The molecule has 1 N–H and O–H groups in total. The minimum absolute atomic E-state index is 0.0942. The third kappa shape index (κ3) is 5.65. The summed E-state index contributed by atoms with van der Waals surface area (Å²) < 4.78 is 15.2. The van der Waals surface area contributed by atoms with Gasteiger partial charge in [0.25, 0.3) is 0 Å². The van der Waals surface area contributed by atoms with E-state index in [1.807, 2.05) is 47.3 Å². The Kier molecular flexibility index (Phi) is 7.64. The monoisotopic (exact) mass is 562 g/mol. The van der Waals surface area contributed by atoms with Crippen molar-refractivity contribution in [1.82, 2.24) is 15.1 Å². The molecule has 0 radical (unpaired) electrons. The SMILES string of the molecule is Cc1ccccc1-n1nc(C(C)(C)C)c2c1N(CC(=O)NCc1ccc(F)cc1)C(=O)CS[C@@H]2c1cccs1. The number of carbonyl (C=O) groups is 2. The largest absolute Gasteiger partial charge is 0.350 e. The number of nitrogens with zero attached hydrogens (tertiary/aromatic N) is 3. The first-order valence-corrected chi connectivity index (χ1v) is 14.7. The Bertz CT molecular complexity index is 1490. The van der Waals surface area contributed by atoms with Gasteiger partial charge in [0.05, 0.1) is 22.4 Å². The Balaban J connectivity index is 1.62. The number of thioether (sulfide) groups is 1. The third-order valence-electron chi connectivity index (χ3n) is 6.65. The van der Waals surface area contributed by atoms with E-state index in [9.17, 15) is 14.0 Å². The van der Waals surface area contributed by atoms with Crippen LogP contribution in [0, 0.1) is 12.7 Å². The molecule has 0 bridgehead atoms. The average molecular weight is 563 g/mol. The summed E-state index contributed by atoms with van der Waals surface area (Å²) in [5.74, 6) is 0.101. The zero-order chi connectivity index (χ0) is 27.7. The van der Waals surface area contributed by atoms with Crippen molar-refractivity contribution in [2.24, 2.45) is 0 Å². The van der Waals surface area contributed by atoms with Crippen LogP contribution in [0.3, 0.4) is 0 Å². The van der Waals surface area contributed by atoms with Gasteiger partial charge in [0.1, 0.15) is 18.2 Å². The number of amides is 2. The molecule has 0 unspecified atom stereocenters. The topological polar surface area (TPSA) is 67.2 Å². The van der Waals surface area contributed by atoms with Crippen LogP contribution in [0.15, 0.2) is 66.0 Å². The van der Waals surface area contributed by atoms with Gasteiger partial charge in [-0.05, 0) is 47.7 Å². The Morgan fingerprint density at radius 1 is 1.10 bits per heavy atom. The van der Waals surface area contributed by atoms with Crippen LogP contribution in [0.4, 0.5) is 10.2 Å². The normalized spacial score (nSPS) is 15.7. The van der Waals surface area contributed by atoms with Crippen LogP contribution in [0.1, 0.15) is 53.3 Å². The van der Waals surface area contributed by atoms with Gasteiger partial charge in [0.15, 0.2) is 0 Å². The molecule has 0 saturated carbocycles. The van der Waals surface area contributed by atoms with Crippen LogP contribution in [-0.4, -0.2) is 33.9 Å². The van der Waals surface area contributed by atoms with Gasteiger partial charge in [-0.2, -0.15) is 5.10 Å². The summed E-state index contributed by atoms with van der Waals surface area (Å²) >= 11 is 3.24. The molecule has 0 spiro atoms. The summed E-state index contributed by atoms with van der Waals surface area (Å²) in [5.41, 5.74) is 4.22. The maximum atomic E-state index is 13.7. The molecule has 2 amide bonds. The number of halogens is 1. The van der Waals surface area contributed by atoms with E-state index in [0.717, 1.165) is 32.9 Å². The lowest BCUT2D eigenvalue weighted by atomic mass is 9.88. The molecule has 0 saturated heterocycles. The molecule has 2 aromatic carbocycles. The van der Waals surface area contributed by atoms with E-state index >= 15 is 0 Å². The lowest BCUT2D eigenvalue weighted by Crippen LogP contribution is -2.42. The molecule has 3 heterocycles. The smallest absolute Gasteiger partial charge is 0.240 e. The number of hydrogen-bond acceptors (Lipinski definition) is 5. The molecule has 0 aliphatic carbocycles. The Morgan fingerprint density at radius 3 is 2.51 bits per heavy atom. The summed E-state index contributed by atoms with van der Waals surface area (Å²) in [6.07, 6.45) is 0. The molecule has 39 heavy (non-hydrogen) atoms. The number of fused-ring (bicyclic) bond motifs is 1. The van der Waals surface area contributed by atoms with Crippen molar-refractivity contribution in [2.75, 3.05) is 17.2 Å². The fourth-order valence-electron chi connectivity index (χ4n) is 4.71. The molecule has 4 aromatic rings. The van der Waals surface area contributed by atoms with Gasteiger partial charge >= 0.3 is 0 Å². The van der Waals surface area contributed by atoms with E-state index < -0.39 is 0 Å². The molecule has 1 aliphatic rings. The summed E-state index contributed by atoms with van der Waals surface area (Å²) in [4.78, 5) is 29.7. The van der Waals surface area contributed by atoms with Crippen LogP contribution < -0.4 is 10.2 Å². The van der Waals surface area contributed by atoms with E-state index in [4.69, 9.17) is 5.10 Å². The van der Waals surface area contributed by atoms with E-state index in [1.54, 1.807) is 40.1 Å². The zero-order valence-corrected chi connectivity index (χ0v) is 24.0. The number of hydrogen-bond donors (Lipinski definition) is 1. The van der Waals surface area contributed by atoms with Crippen molar-refractivity contribution < 1.29 is 14.0 Å². The minimum Gasteiger partial charge on any atom is -0.350 e. The highest BCUT2D eigenvalue weighted by Crippen LogP contribution is 2.49. The maximum absolute atomic E-state index is 13.7. The summed E-state index contributed by atoms with van der Waals surface area (Å²) in [7, 11) is 0. The molecular weight excluding hydrogens is 531 g/mol. The molecule has 0 fully saturated rings. The number of thiophene rings is 1. The van der Waals surface area contributed by atoms with Gasteiger partial charge in [0, 0.05) is 22.4 Å². The standard InChI is InChI=1S/C30H31FN4O2S2/c1-19-8-5-6-9-22(19)35-29-26(28(33-35)30(2,3)4)27(23-10-7-15-38-23)39-18-25(37)34(29)17-24(36)32-16-20-11-13-21(31)14-12-20/h5-15,27H,16-18H2,1-4H3,(H,32,36)/t27-/m1/s1. The second-order valence-electron chi connectivity index (χ2n) is 10.6. The van der Waals surface area contributed by atoms with Crippen molar-refractivity contribution in [1.29, 1.82) is 0 Å². The van der Waals surface area contributed by atoms with Crippen LogP contribution in [0.2, 0.25) is 0 Å². The molecule has 6 nitrogen and oxygen atoms in total. The summed E-state index contributed by atoms with van der Waals surface area (Å²) in [6, 6.07) is 18.1. The van der Waals surface area contributed by atoms with Crippen LogP contribution in [-0.2, 0) is 21.5 Å². The van der Waals surface area contributed by atoms with E-state index in [0.29, 0.717) is 5.82 Å². The Morgan fingerprint density at radius 2 is 1.85 bits per heavy atom. The predicted octanol–water partition coefficient (Wildman–Crippen LogP) is 6.16. The number of aromatic nitrogens is 2. The fraction of sp³-hybridized carbons (Fsp3) is 0.300. The quantitative estimate of drug-likeness (QED) is 0.306. The van der Waals surface area contributed by atoms with E-state index in [-0.39, 0.29) is 47.1 Å². The predicted molar refractivity (Wildman–Crippen MR) is 156 cm³/mol. The molecule has 202 valence electrons. The number of nitrogens with one attached hydrogen (secondary N) is 1. The number of benzene rings is 2. The Hall–Kier alpha value is -3.43. The van der Waals surface area contributed by atoms with Gasteiger partial charge in [-0.3, -0.25) is 14.5 Å². The van der Waals surface area contributed by atoms with Crippen molar-refractivity contribution in [3.63, 3.8) is 0 Å². The zero-order valence-electron chi connectivity index (χ0n) is 22.4. The second-order valence-corrected chi connectivity index (χ2v) is 12.7. The van der Waals surface area contributed by atoms with Crippen LogP contribution in [0.5, 0.6) is 0 Å². The van der Waals surface area contributed by atoms with Crippen molar-refractivity contribution >= 4 is 40.7 Å². The van der Waals surface area contributed by atoms with Crippen molar-refractivity contribution in [3.05, 3.63) is 99.1 Å². The van der Waals surface area contributed by atoms with E-state index in [2.05, 4.69) is 32.2 Å². The lowest BCUT2D eigenvalue weighted by Gasteiger charge is -2.24. The highest BCUT2D eigenvalue weighted by molar-refractivity contribution is 8.00. The van der Waals surface area contributed by atoms with Crippen LogP contribution in [0.25, 0.3) is 5.69 Å². The van der Waals surface area contributed by atoms with Gasteiger partial charge < -0.3 is 5.32 Å². The van der Waals surface area contributed by atoms with Crippen molar-refractivity contribution in [3.8, 4) is 5.69 Å². The number of rotatable bonds is 6. The Labute approximate surface area is 236 Å². The first-order valence-electron chi connectivity index (χ1n) is 12.8. The molecule has 9 heteroatoms. The average Bonchev–Trinajstić information content (AvgIpc) is 3.54. The highest BCUT2D eigenvalue weighted by atomic mass is 32.2. The van der Waals surface area contributed by atoms with Crippen LogP contribution >= 0.6 is 23.1 Å². The van der Waals surface area contributed by atoms with Gasteiger partial charge in [-0.15, -0.1) is 23.1 Å². The first-order chi connectivity index (χ1) is 18.6. The number of para-hydroxylation sites is 1. The van der Waals surface area contributed by atoms with Crippen molar-refractivity contribution in [2.45, 2.75) is 44.9 Å². The molecule has 2 aromatic heterocycles. The second kappa shape index (κ2) is 11.0. The number of aryl methyl sites for hydroxylation is 1. The number of carbonyl (C=O) groups excluding carboxylic acids is 2. The molecular formula is C30H31FN4O2S2. The fourth-order valence-corrected chi connectivity index (χ4v) is 6.88. The first kappa shape index (κ1) is 27.1. The maximum Gasteiger partial charge on any atom is 0.240 e. The summed E-state index contributed by atoms with van der Waals surface area (Å²) in [5, 5.41) is 9.98. The molecule has 5 rings (SSSR count). The van der Waals surface area contributed by atoms with Gasteiger partial charge in [-0.1, -0.05) is 57.2 Å². The van der Waals surface area contributed by atoms with Gasteiger partial charge in [-0.25, -0.2) is 9.07 Å². The lowest BCUT2D eigenvalue weighted by molar-refractivity contribution is -0.123. The molecule has 1 atom stereocenters. The minimum atomic E-state index is -0.329. The highest BCUT2D eigenvalue weighted by Gasteiger charge is 2.40. The molecule has 1 aliphatic heterocycles.